The van der Waals surface area contributed by atoms with Gasteiger partial charge in [0.05, 0.1) is 25.5 Å². The Morgan fingerprint density at radius 1 is 1.43 bits per heavy atom. The van der Waals surface area contributed by atoms with Crippen LogP contribution >= 0.6 is 11.6 Å². The van der Waals surface area contributed by atoms with E-state index in [1.807, 2.05) is 0 Å². The van der Waals surface area contributed by atoms with Crippen LogP contribution in [0.5, 0.6) is 5.88 Å². The minimum absolute atomic E-state index is 0.163. The molecule has 1 atom stereocenters. The van der Waals surface area contributed by atoms with Gasteiger partial charge in [-0.3, -0.25) is 10.1 Å². The highest BCUT2D eigenvalue weighted by Crippen LogP contribution is 2.27. The van der Waals surface area contributed by atoms with Gasteiger partial charge in [0.1, 0.15) is 23.8 Å². The monoisotopic (exact) mass is 438 g/mol. The molecule has 3 heterocycles. The summed E-state index contributed by atoms with van der Waals surface area (Å²) in [5.74, 6) is 0.0345. The summed E-state index contributed by atoms with van der Waals surface area (Å²) < 4.78 is 20.3. The van der Waals surface area contributed by atoms with Gasteiger partial charge < -0.3 is 15.4 Å². The fraction of sp³-hybridized carbons (Fsp3) is 0.333. The van der Waals surface area contributed by atoms with Crippen LogP contribution in [0.2, 0.25) is 0 Å². The zero-order valence-corrected chi connectivity index (χ0v) is 16.8. The van der Waals surface area contributed by atoms with Crippen molar-refractivity contribution < 1.29 is 24.1 Å². The van der Waals surface area contributed by atoms with Crippen molar-refractivity contribution in [2.75, 3.05) is 31.5 Å². The summed E-state index contributed by atoms with van der Waals surface area (Å²) in [4.78, 5) is 25.0. The van der Waals surface area contributed by atoms with E-state index in [-0.39, 0.29) is 24.0 Å². The highest BCUT2D eigenvalue weighted by molar-refractivity contribution is 6.17. The first-order valence-corrected chi connectivity index (χ1v) is 9.51. The lowest BCUT2D eigenvalue weighted by Crippen LogP contribution is -2.24. The lowest BCUT2D eigenvalue weighted by Gasteiger charge is -2.20. The van der Waals surface area contributed by atoms with Crippen molar-refractivity contribution in [3.63, 3.8) is 0 Å². The Labute approximate surface area is 175 Å². The minimum atomic E-state index is -0.744. The van der Waals surface area contributed by atoms with E-state index in [0.29, 0.717) is 35.9 Å². The predicted octanol–water partition coefficient (Wildman–Crippen LogP) is 2.27. The first-order chi connectivity index (χ1) is 14.6. The summed E-state index contributed by atoms with van der Waals surface area (Å²) >= 11 is 5.63. The van der Waals surface area contributed by atoms with Gasteiger partial charge in [0, 0.05) is 24.2 Å². The van der Waals surface area contributed by atoms with Crippen LogP contribution in [0.25, 0.3) is 5.65 Å². The van der Waals surface area contributed by atoms with E-state index >= 15 is 0 Å². The second kappa shape index (κ2) is 10.1. The summed E-state index contributed by atoms with van der Waals surface area (Å²) in [7, 11) is 1.40. The van der Waals surface area contributed by atoms with E-state index in [1.165, 1.54) is 23.9 Å². The van der Waals surface area contributed by atoms with Gasteiger partial charge >= 0.3 is 0 Å². The second-order valence-electron chi connectivity index (χ2n) is 6.18. The lowest BCUT2D eigenvalue weighted by molar-refractivity contribution is -0.244. The molecule has 10 nitrogen and oxygen atoms in total. The van der Waals surface area contributed by atoms with E-state index < -0.39 is 11.9 Å². The third kappa shape index (κ3) is 4.93. The van der Waals surface area contributed by atoms with Crippen molar-refractivity contribution in [1.82, 2.24) is 24.9 Å². The quantitative estimate of drug-likeness (QED) is 0.191. The van der Waals surface area contributed by atoms with Crippen molar-refractivity contribution in [2.45, 2.75) is 12.5 Å². The van der Waals surface area contributed by atoms with Crippen LogP contribution in [0.4, 0.5) is 10.2 Å². The van der Waals surface area contributed by atoms with Crippen LogP contribution in [0.15, 0.2) is 30.7 Å². The fourth-order valence-electron chi connectivity index (χ4n) is 2.80. The van der Waals surface area contributed by atoms with E-state index in [0.717, 1.165) is 6.20 Å². The molecule has 30 heavy (non-hydrogen) atoms. The molecule has 3 aromatic heterocycles. The largest absolute Gasteiger partial charge is 0.481 e. The summed E-state index contributed by atoms with van der Waals surface area (Å²) in [5, 5.41) is 18.9. The van der Waals surface area contributed by atoms with E-state index in [9.17, 15) is 9.18 Å². The predicted molar refractivity (Wildman–Crippen MR) is 106 cm³/mol. The number of nitrogens with one attached hydrogen (secondary N) is 2. The summed E-state index contributed by atoms with van der Waals surface area (Å²) in [6.07, 6.45) is 4.68. The number of amides is 1. The lowest BCUT2D eigenvalue weighted by atomic mass is 10.1. The number of halogens is 2. The Morgan fingerprint density at radius 3 is 3.00 bits per heavy atom. The zero-order valence-electron chi connectivity index (χ0n) is 16.0. The van der Waals surface area contributed by atoms with Crippen LogP contribution in [-0.4, -0.2) is 56.9 Å². The molecule has 0 saturated heterocycles. The molecule has 1 amide bonds. The Morgan fingerprint density at radius 2 is 2.27 bits per heavy atom. The molecule has 12 heteroatoms. The number of fused-ring (bicyclic) bond motifs is 1. The van der Waals surface area contributed by atoms with Crippen LogP contribution in [0.1, 0.15) is 28.4 Å². The van der Waals surface area contributed by atoms with Crippen molar-refractivity contribution in [2.24, 2.45) is 0 Å². The molecule has 160 valence electrons. The highest BCUT2D eigenvalue weighted by atomic mass is 35.5. The molecular formula is C18H20ClFN6O4. The van der Waals surface area contributed by atoms with Crippen molar-refractivity contribution in [1.29, 1.82) is 0 Å². The number of carbonyl (C=O) groups is 1. The van der Waals surface area contributed by atoms with E-state index in [1.54, 1.807) is 12.3 Å². The molecule has 3 rings (SSSR count). The third-order valence-electron chi connectivity index (χ3n) is 4.19. The summed E-state index contributed by atoms with van der Waals surface area (Å²) in [5.41, 5.74) is 0.922. The molecule has 0 aliphatic rings. The Balaban J connectivity index is 1.89. The second-order valence-corrected chi connectivity index (χ2v) is 6.56. The topological polar surface area (TPSA) is 123 Å². The van der Waals surface area contributed by atoms with Gasteiger partial charge in [0.25, 0.3) is 5.91 Å². The molecule has 0 spiro atoms. The molecule has 0 aliphatic heterocycles. The van der Waals surface area contributed by atoms with E-state index in [2.05, 4.69) is 30.6 Å². The maximum Gasteiger partial charge on any atom is 0.256 e. The van der Waals surface area contributed by atoms with Crippen molar-refractivity contribution >= 4 is 29.0 Å². The van der Waals surface area contributed by atoms with Gasteiger partial charge in [0.2, 0.25) is 5.88 Å². The number of pyridine rings is 1. The van der Waals surface area contributed by atoms with E-state index in [4.69, 9.17) is 21.6 Å². The normalized spacial score (nSPS) is 12.0. The van der Waals surface area contributed by atoms with Crippen molar-refractivity contribution in [3.8, 4) is 5.88 Å². The summed E-state index contributed by atoms with van der Waals surface area (Å²) in [6.45, 7) is 0.194. The zero-order chi connectivity index (χ0) is 21.5. The van der Waals surface area contributed by atoms with Gasteiger partial charge in [-0.1, -0.05) is 0 Å². The van der Waals surface area contributed by atoms with Gasteiger partial charge in [-0.2, -0.15) is 5.10 Å². The molecule has 0 radical (unpaired) electrons. The van der Waals surface area contributed by atoms with Gasteiger partial charge in [0.15, 0.2) is 5.65 Å². The molecule has 0 aliphatic carbocycles. The Hall–Kier alpha value is -3.02. The number of anilines is 1. The van der Waals surface area contributed by atoms with Gasteiger partial charge in [-0.05, 0) is 18.6 Å². The number of aromatic nitrogens is 4. The third-order valence-corrected chi connectivity index (χ3v) is 4.45. The molecular weight excluding hydrogens is 419 g/mol. The standard InChI is InChI=1S/C18H20ClFN6O4/c1-29-18-12(7-11(20)8-22-18)14(10-30-28)24-15-3-6-26-16(25-15)13(9-23-26)17(27)21-5-2-4-19/h3,6-9,14,28H,2,4-5,10H2,1H3,(H,21,27)(H,24,25)/t14-/m1/s1. The van der Waals surface area contributed by atoms with Crippen LogP contribution in [0, 0.1) is 5.82 Å². The molecule has 3 aromatic rings. The number of hydrogen-bond acceptors (Lipinski definition) is 8. The molecule has 0 saturated carbocycles. The molecule has 0 unspecified atom stereocenters. The number of hydrogen-bond donors (Lipinski definition) is 3. The smallest absolute Gasteiger partial charge is 0.256 e. The molecule has 0 fully saturated rings. The Bertz CT molecular complexity index is 1020. The molecule has 0 aromatic carbocycles. The van der Waals surface area contributed by atoms with Crippen LogP contribution in [0.3, 0.4) is 0 Å². The average Bonchev–Trinajstić information content (AvgIpc) is 3.17. The average molecular weight is 439 g/mol. The number of methoxy groups -OCH3 is 1. The van der Waals surface area contributed by atoms with Gasteiger partial charge in [-0.25, -0.2) is 23.8 Å². The van der Waals surface area contributed by atoms with Crippen LogP contribution < -0.4 is 15.4 Å². The first kappa shape index (κ1) is 21.7. The molecule has 3 N–H and O–H groups in total. The number of nitrogens with zero attached hydrogens (tertiary/aromatic N) is 4. The Kier molecular flexibility index (Phi) is 7.33. The minimum Gasteiger partial charge on any atom is -0.481 e. The SMILES string of the molecule is COc1ncc(F)cc1[C@@H](COO)Nc1ccn2ncc(C(=O)NCCCCl)c2n1. The van der Waals surface area contributed by atoms with Gasteiger partial charge in [-0.15, -0.1) is 11.6 Å². The maximum absolute atomic E-state index is 13.7. The maximum atomic E-state index is 13.7. The number of ether oxygens (including phenoxy) is 1. The van der Waals surface area contributed by atoms with Crippen molar-refractivity contribution in [3.05, 3.63) is 47.7 Å². The fourth-order valence-corrected chi connectivity index (χ4v) is 2.93. The molecule has 0 bridgehead atoms. The summed E-state index contributed by atoms with van der Waals surface area (Å²) in [6, 6.07) is 2.08. The highest BCUT2D eigenvalue weighted by Gasteiger charge is 2.21. The number of rotatable bonds is 10. The first-order valence-electron chi connectivity index (χ1n) is 8.98. The van der Waals surface area contributed by atoms with Crippen LogP contribution in [-0.2, 0) is 4.89 Å². The number of alkyl halides is 1. The number of carbonyl (C=O) groups excluding carboxylic acids is 1.